The topological polar surface area (TPSA) is 97.0 Å². The number of amides is 2. The molecule has 0 unspecified atom stereocenters. The normalized spacial score (nSPS) is 17.2. The van der Waals surface area contributed by atoms with E-state index >= 15 is 0 Å². The van der Waals surface area contributed by atoms with Crippen molar-refractivity contribution in [3.63, 3.8) is 0 Å². The van der Waals surface area contributed by atoms with E-state index in [0.29, 0.717) is 55.9 Å². The van der Waals surface area contributed by atoms with Crippen LogP contribution in [0.15, 0.2) is 5.38 Å². The summed E-state index contributed by atoms with van der Waals surface area (Å²) in [7, 11) is 0. The monoisotopic (exact) mass is 465 g/mol. The van der Waals surface area contributed by atoms with Crippen molar-refractivity contribution < 1.29 is 23.9 Å². The average Bonchev–Trinajstić information content (AvgIpc) is 3.54. The molecule has 2 fully saturated rings. The molecule has 8 nitrogen and oxygen atoms in total. The lowest BCUT2D eigenvalue weighted by atomic mass is 9.96. The molecule has 1 aromatic rings. The molecule has 0 bridgehead atoms. The second-order valence-electron chi connectivity index (χ2n) is 8.33. The van der Waals surface area contributed by atoms with Gasteiger partial charge in [0.1, 0.15) is 5.00 Å². The zero-order valence-corrected chi connectivity index (χ0v) is 19.9. The number of nitrogens with zero attached hydrogens (tertiary/aromatic N) is 1. The van der Waals surface area contributed by atoms with Crippen molar-refractivity contribution in [2.45, 2.75) is 51.9 Å². The minimum absolute atomic E-state index is 0.00443. The maximum atomic E-state index is 12.7. The van der Waals surface area contributed by atoms with Gasteiger partial charge in [0.15, 0.2) is 0 Å². The Morgan fingerprint density at radius 3 is 2.53 bits per heavy atom. The van der Waals surface area contributed by atoms with Crippen molar-refractivity contribution >= 4 is 34.1 Å². The Bertz CT molecular complexity index is 785. The van der Waals surface area contributed by atoms with Gasteiger partial charge in [-0.25, -0.2) is 4.79 Å². The number of rotatable bonds is 12. The average molecular weight is 466 g/mol. The van der Waals surface area contributed by atoms with E-state index in [9.17, 15) is 14.4 Å². The number of likely N-dealkylation sites (tertiary alicyclic amines) is 1. The number of esters is 1. The highest BCUT2D eigenvalue weighted by Gasteiger charge is 2.32. The number of carbonyl (C=O) groups excluding carboxylic acids is 3. The Balaban J connectivity index is 1.44. The number of piperidine rings is 1. The van der Waals surface area contributed by atoms with Gasteiger partial charge >= 0.3 is 5.97 Å². The second-order valence-corrected chi connectivity index (χ2v) is 9.21. The summed E-state index contributed by atoms with van der Waals surface area (Å²) in [5.74, 6) is -0.00987. The van der Waals surface area contributed by atoms with Crippen LogP contribution in [0, 0.1) is 5.92 Å². The highest BCUT2D eigenvalue weighted by atomic mass is 32.1. The summed E-state index contributed by atoms with van der Waals surface area (Å²) < 4.78 is 10.5. The zero-order valence-electron chi connectivity index (χ0n) is 19.1. The van der Waals surface area contributed by atoms with Crippen LogP contribution in [0.3, 0.4) is 0 Å². The minimum atomic E-state index is -0.362. The van der Waals surface area contributed by atoms with Gasteiger partial charge in [0.25, 0.3) is 0 Å². The molecule has 2 aliphatic rings. The van der Waals surface area contributed by atoms with E-state index in [2.05, 4.69) is 15.5 Å². The van der Waals surface area contributed by atoms with Gasteiger partial charge in [0, 0.05) is 25.7 Å². The van der Waals surface area contributed by atoms with E-state index in [-0.39, 0.29) is 30.2 Å². The molecular formula is C23H35N3O5S. The maximum absolute atomic E-state index is 12.7. The van der Waals surface area contributed by atoms with Crippen molar-refractivity contribution in [2.75, 3.05) is 51.3 Å². The number of anilines is 1. The highest BCUT2D eigenvalue weighted by Crippen LogP contribution is 2.46. The Hall–Kier alpha value is -1.97. The lowest BCUT2D eigenvalue weighted by Crippen LogP contribution is -2.43. The van der Waals surface area contributed by atoms with Crippen molar-refractivity contribution in [3.8, 4) is 0 Å². The molecule has 178 valence electrons. The van der Waals surface area contributed by atoms with E-state index in [1.165, 1.54) is 11.3 Å². The van der Waals surface area contributed by atoms with Gasteiger partial charge in [-0.3, -0.25) is 14.5 Å². The molecule has 0 spiro atoms. The molecule has 0 aromatic carbocycles. The summed E-state index contributed by atoms with van der Waals surface area (Å²) in [6.07, 6.45) is 4.45. The van der Waals surface area contributed by atoms with Crippen LogP contribution in [0.1, 0.15) is 67.8 Å². The largest absolute Gasteiger partial charge is 0.462 e. The number of nitrogens with one attached hydrogen (secondary N) is 2. The molecule has 1 aliphatic heterocycles. The first kappa shape index (κ1) is 24.7. The first-order valence-corrected chi connectivity index (χ1v) is 12.6. The summed E-state index contributed by atoms with van der Waals surface area (Å²) in [4.78, 5) is 39.5. The minimum Gasteiger partial charge on any atom is -0.462 e. The van der Waals surface area contributed by atoms with Crippen molar-refractivity contribution in [1.29, 1.82) is 0 Å². The molecule has 1 saturated carbocycles. The fourth-order valence-corrected chi connectivity index (χ4v) is 5.02. The SMILES string of the molecule is CCOCCCNC(=O)C1CCN(CC(=O)Nc2scc(C3CC3)c2C(=O)OCC)CC1. The summed E-state index contributed by atoms with van der Waals surface area (Å²) in [5, 5.41) is 8.46. The third-order valence-electron chi connectivity index (χ3n) is 5.86. The molecular weight excluding hydrogens is 430 g/mol. The molecule has 1 saturated heterocycles. The van der Waals surface area contributed by atoms with Gasteiger partial charge in [0.2, 0.25) is 11.8 Å². The van der Waals surface area contributed by atoms with Gasteiger partial charge in [-0.05, 0) is 75.9 Å². The van der Waals surface area contributed by atoms with Crippen LogP contribution in [0.5, 0.6) is 0 Å². The van der Waals surface area contributed by atoms with Gasteiger partial charge < -0.3 is 20.1 Å². The van der Waals surface area contributed by atoms with E-state index in [1.54, 1.807) is 6.92 Å². The van der Waals surface area contributed by atoms with Crippen LogP contribution >= 0.6 is 11.3 Å². The number of hydrogen-bond donors (Lipinski definition) is 2. The number of hydrogen-bond acceptors (Lipinski definition) is 7. The maximum Gasteiger partial charge on any atom is 0.341 e. The van der Waals surface area contributed by atoms with Crippen LogP contribution < -0.4 is 10.6 Å². The van der Waals surface area contributed by atoms with Crippen molar-refractivity contribution in [2.24, 2.45) is 5.92 Å². The van der Waals surface area contributed by atoms with Crippen LogP contribution in [0.4, 0.5) is 5.00 Å². The van der Waals surface area contributed by atoms with Crippen LogP contribution in [0.2, 0.25) is 0 Å². The summed E-state index contributed by atoms with van der Waals surface area (Å²) in [6, 6.07) is 0. The van der Waals surface area contributed by atoms with Gasteiger partial charge in [-0.15, -0.1) is 11.3 Å². The number of ether oxygens (including phenoxy) is 2. The molecule has 3 rings (SSSR count). The Labute approximate surface area is 194 Å². The molecule has 32 heavy (non-hydrogen) atoms. The second kappa shape index (κ2) is 12.3. The molecule has 1 aliphatic carbocycles. The molecule has 9 heteroatoms. The lowest BCUT2D eigenvalue weighted by molar-refractivity contribution is -0.126. The van der Waals surface area contributed by atoms with Gasteiger partial charge in [0.05, 0.1) is 18.7 Å². The van der Waals surface area contributed by atoms with E-state index < -0.39 is 0 Å². The molecule has 0 radical (unpaired) electrons. The van der Waals surface area contributed by atoms with E-state index in [1.807, 2.05) is 12.3 Å². The number of carbonyl (C=O) groups is 3. The fourth-order valence-electron chi connectivity index (χ4n) is 3.97. The van der Waals surface area contributed by atoms with Crippen LogP contribution in [-0.2, 0) is 19.1 Å². The molecule has 2 heterocycles. The Morgan fingerprint density at radius 1 is 1.12 bits per heavy atom. The smallest absolute Gasteiger partial charge is 0.341 e. The lowest BCUT2D eigenvalue weighted by Gasteiger charge is -2.30. The molecule has 2 amide bonds. The molecule has 2 N–H and O–H groups in total. The summed E-state index contributed by atoms with van der Waals surface area (Å²) in [5.41, 5.74) is 1.52. The van der Waals surface area contributed by atoms with Crippen molar-refractivity contribution in [3.05, 3.63) is 16.5 Å². The van der Waals surface area contributed by atoms with Crippen molar-refractivity contribution in [1.82, 2.24) is 10.2 Å². The molecule has 0 atom stereocenters. The van der Waals surface area contributed by atoms with E-state index in [0.717, 1.165) is 37.7 Å². The molecule has 1 aromatic heterocycles. The zero-order chi connectivity index (χ0) is 22.9. The third-order valence-corrected chi connectivity index (χ3v) is 6.78. The predicted molar refractivity (Wildman–Crippen MR) is 124 cm³/mol. The quantitative estimate of drug-likeness (QED) is 0.364. The summed E-state index contributed by atoms with van der Waals surface area (Å²) >= 11 is 1.39. The first-order valence-electron chi connectivity index (χ1n) is 11.7. The third kappa shape index (κ3) is 7.02. The van der Waals surface area contributed by atoms with Crippen LogP contribution in [0.25, 0.3) is 0 Å². The van der Waals surface area contributed by atoms with Gasteiger partial charge in [-0.2, -0.15) is 0 Å². The Morgan fingerprint density at radius 2 is 1.88 bits per heavy atom. The standard InChI is InChI=1S/C23H35N3O5S/c1-3-30-13-5-10-24-21(28)17-8-11-26(12-9-17)14-19(27)25-22-20(23(29)31-4-2)18(15-32-22)16-6-7-16/h15-17H,3-14H2,1-2H3,(H,24,28)(H,25,27). The number of thiophene rings is 1. The fraction of sp³-hybridized carbons (Fsp3) is 0.696. The first-order chi connectivity index (χ1) is 15.5. The highest BCUT2D eigenvalue weighted by molar-refractivity contribution is 7.15. The predicted octanol–water partition coefficient (Wildman–Crippen LogP) is 3.00. The van der Waals surface area contributed by atoms with Crippen LogP contribution in [-0.4, -0.2) is 68.7 Å². The summed E-state index contributed by atoms with van der Waals surface area (Å²) in [6.45, 7) is 7.69. The van der Waals surface area contributed by atoms with E-state index in [4.69, 9.17) is 9.47 Å². The van der Waals surface area contributed by atoms with Gasteiger partial charge in [-0.1, -0.05) is 0 Å². The Kier molecular flexibility index (Phi) is 9.50.